The van der Waals surface area contributed by atoms with Crippen LogP contribution in [-0.4, -0.2) is 84.8 Å². The van der Waals surface area contributed by atoms with Gasteiger partial charge in [-0.2, -0.15) is 0 Å². The number of likely N-dealkylation sites (N-methyl/N-ethyl adjacent to an activating group) is 1. The second kappa shape index (κ2) is 18.1. The Morgan fingerprint density at radius 2 is 2.00 bits per heavy atom. The number of hydrogen-bond acceptors (Lipinski definition) is 9. The van der Waals surface area contributed by atoms with Gasteiger partial charge in [0.25, 0.3) is 0 Å². The molecule has 1 saturated heterocycles. The fourth-order valence-electron chi connectivity index (χ4n) is 5.30. The Balaban J connectivity index is 1.80. The highest BCUT2D eigenvalue weighted by atomic mass is 19.1. The van der Waals surface area contributed by atoms with Gasteiger partial charge in [0.2, 0.25) is 0 Å². The van der Waals surface area contributed by atoms with E-state index < -0.39 is 18.0 Å². The predicted molar refractivity (Wildman–Crippen MR) is 186 cm³/mol. The number of likely N-dealkylation sites (tertiary alicyclic amines) is 1. The van der Waals surface area contributed by atoms with Gasteiger partial charge >= 0.3 is 5.91 Å². The molecule has 2 N–H and O–H groups in total. The maximum Gasteiger partial charge on any atom is 0.316 e. The summed E-state index contributed by atoms with van der Waals surface area (Å²) in [5.74, 6) is -1.04. The average Bonchev–Trinajstić information content (AvgIpc) is 3.49. The first kappa shape index (κ1) is 37.1. The summed E-state index contributed by atoms with van der Waals surface area (Å²) in [7, 11) is 3.84. The van der Waals surface area contributed by atoms with Crippen molar-refractivity contribution in [2.75, 3.05) is 45.3 Å². The number of hydrogen-bond donors (Lipinski definition) is 2. The predicted octanol–water partition coefficient (Wildman–Crippen LogP) is 6.48. The molecular formula is C36H48FN5O5. The normalized spacial score (nSPS) is 16.3. The quantitative estimate of drug-likeness (QED) is 0.121. The average molecular weight is 650 g/mol. The summed E-state index contributed by atoms with van der Waals surface area (Å²) < 4.78 is 21.2. The fraction of sp³-hybridized carbons (Fsp3) is 0.444. The molecule has 2 atom stereocenters. The van der Waals surface area contributed by atoms with Crippen molar-refractivity contribution in [3.05, 3.63) is 93.4 Å². The number of benzene rings is 2. The Morgan fingerprint density at radius 1 is 1.23 bits per heavy atom. The van der Waals surface area contributed by atoms with E-state index in [2.05, 4.69) is 24.0 Å². The Labute approximate surface area is 277 Å². The number of aryl methyl sites for hydroxylation is 1. The summed E-state index contributed by atoms with van der Waals surface area (Å²) in [6.07, 6.45) is 11.9. The minimum Gasteiger partial charge on any atom is -0.489 e. The molecule has 0 aliphatic carbocycles. The first-order valence-electron chi connectivity index (χ1n) is 16.0. The molecule has 11 heteroatoms. The zero-order chi connectivity index (χ0) is 34.5. The van der Waals surface area contributed by atoms with Gasteiger partial charge in [-0.3, -0.25) is 9.79 Å². The lowest BCUT2D eigenvalue weighted by Gasteiger charge is -2.28. The van der Waals surface area contributed by atoms with E-state index in [0.717, 1.165) is 42.9 Å². The van der Waals surface area contributed by atoms with Crippen molar-refractivity contribution in [2.24, 2.45) is 10.2 Å². The molecule has 0 saturated carbocycles. The smallest absolute Gasteiger partial charge is 0.316 e. The molecular weight excluding hydrogens is 601 g/mol. The van der Waals surface area contributed by atoms with Crippen LogP contribution >= 0.6 is 0 Å². The number of aliphatic hydroxyl groups excluding tert-OH is 2. The second-order valence-electron chi connectivity index (χ2n) is 11.8. The van der Waals surface area contributed by atoms with E-state index in [4.69, 9.17) is 4.74 Å². The minimum atomic E-state index is -0.897. The van der Waals surface area contributed by atoms with Gasteiger partial charge in [0.15, 0.2) is 0 Å². The Hall–Kier alpha value is -4.35. The number of nitrogens with zero attached hydrogens (tertiary/aromatic N) is 5. The number of allylic oxidation sites excluding steroid dienone is 4. The maximum atomic E-state index is 15.3. The molecule has 1 amide bonds. The molecule has 2 aromatic carbocycles. The number of aliphatic imine (C=N–C) groups is 1. The Bertz CT molecular complexity index is 1500. The van der Waals surface area contributed by atoms with E-state index in [1.807, 2.05) is 66.9 Å². The van der Waals surface area contributed by atoms with Crippen LogP contribution in [0.2, 0.25) is 0 Å². The molecule has 1 aliphatic rings. The number of rotatable bonds is 16. The highest BCUT2D eigenvalue weighted by Crippen LogP contribution is 2.32. The summed E-state index contributed by atoms with van der Waals surface area (Å²) in [6.45, 7) is 9.45. The van der Waals surface area contributed by atoms with Crippen molar-refractivity contribution >= 4 is 23.5 Å². The molecule has 10 nitrogen and oxygen atoms in total. The van der Waals surface area contributed by atoms with Crippen LogP contribution in [0.15, 0.2) is 76.2 Å². The second-order valence-corrected chi connectivity index (χ2v) is 11.8. The molecule has 0 aromatic heterocycles. The first-order chi connectivity index (χ1) is 22.5. The third-order valence-corrected chi connectivity index (χ3v) is 8.40. The SMILES string of the molecule is CCCC(C)N(C)c1ccc(C(=O)N=O)cc1N=Cc1cc(C)c(OC/C=C/C(=C\C=C(/C)N(C)CCO)N2CCCC2O)cc1F. The molecule has 2 unspecified atom stereocenters. The first-order valence-corrected chi connectivity index (χ1v) is 16.0. The maximum absolute atomic E-state index is 15.3. The number of ether oxygens (including phenoxy) is 1. The van der Waals surface area contributed by atoms with Crippen LogP contribution in [0.25, 0.3) is 0 Å². The summed E-state index contributed by atoms with van der Waals surface area (Å²) in [6, 6.07) is 7.91. The van der Waals surface area contributed by atoms with Crippen LogP contribution in [0.4, 0.5) is 15.8 Å². The van der Waals surface area contributed by atoms with Crippen molar-refractivity contribution in [3.63, 3.8) is 0 Å². The van der Waals surface area contributed by atoms with Crippen LogP contribution in [0.1, 0.15) is 67.9 Å². The topological polar surface area (TPSA) is 118 Å². The highest BCUT2D eigenvalue weighted by Gasteiger charge is 2.22. The van der Waals surface area contributed by atoms with Crippen molar-refractivity contribution in [3.8, 4) is 5.75 Å². The van der Waals surface area contributed by atoms with Crippen molar-refractivity contribution in [1.82, 2.24) is 9.80 Å². The molecule has 3 rings (SSSR count). The third kappa shape index (κ3) is 10.3. The number of carbonyl (C=O) groups is 1. The van der Waals surface area contributed by atoms with Crippen molar-refractivity contribution < 1.29 is 24.1 Å². The highest BCUT2D eigenvalue weighted by molar-refractivity contribution is 5.97. The summed E-state index contributed by atoms with van der Waals surface area (Å²) >= 11 is 0. The van der Waals surface area contributed by atoms with E-state index in [1.165, 1.54) is 18.3 Å². The van der Waals surface area contributed by atoms with Crippen LogP contribution in [0, 0.1) is 17.6 Å². The van der Waals surface area contributed by atoms with Crippen molar-refractivity contribution in [2.45, 2.75) is 65.6 Å². The lowest BCUT2D eigenvalue weighted by Crippen LogP contribution is -2.28. The molecule has 1 heterocycles. The molecule has 1 fully saturated rings. The molecule has 0 radical (unpaired) electrons. The zero-order valence-corrected chi connectivity index (χ0v) is 28.3. The van der Waals surface area contributed by atoms with Gasteiger partial charge in [-0.1, -0.05) is 13.3 Å². The summed E-state index contributed by atoms with van der Waals surface area (Å²) in [5, 5.41) is 22.2. The Morgan fingerprint density at radius 3 is 2.66 bits per heavy atom. The molecule has 0 bridgehead atoms. The van der Waals surface area contributed by atoms with E-state index in [9.17, 15) is 19.9 Å². The summed E-state index contributed by atoms with van der Waals surface area (Å²) in [5.41, 5.74) is 4.02. The van der Waals surface area contributed by atoms with E-state index in [-0.39, 0.29) is 30.4 Å². The van der Waals surface area contributed by atoms with Gasteiger partial charge in [-0.25, -0.2) is 4.39 Å². The van der Waals surface area contributed by atoms with Crippen LogP contribution < -0.4 is 9.64 Å². The molecule has 47 heavy (non-hydrogen) atoms. The monoisotopic (exact) mass is 649 g/mol. The number of amides is 1. The molecule has 0 spiro atoms. The Kier molecular flexibility index (Phi) is 14.3. The number of aliphatic hydroxyl groups is 2. The minimum absolute atomic E-state index is 0.0571. The van der Waals surface area contributed by atoms with Crippen LogP contribution in [0.5, 0.6) is 5.75 Å². The molecule has 254 valence electrons. The van der Waals surface area contributed by atoms with Crippen LogP contribution in [0.3, 0.4) is 0 Å². The van der Waals surface area contributed by atoms with Gasteiger partial charge in [-0.05, 0) is 94.2 Å². The van der Waals surface area contributed by atoms with Crippen LogP contribution in [-0.2, 0) is 0 Å². The van der Waals surface area contributed by atoms with Gasteiger partial charge < -0.3 is 29.6 Å². The number of carbonyl (C=O) groups excluding carboxylic acids is 1. The van der Waals surface area contributed by atoms with Crippen molar-refractivity contribution in [1.29, 1.82) is 0 Å². The van der Waals surface area contributed by atoms with Gasteiger partial charge in [0.05, 0.1) is 18.0 Å². The van der Waals surface area contributed by atoms with Gasteiger partial charge in [-0.15, -0.1) is 4.91 Å². The van der Waals surface area contributed by atoms with Gasteiger partial charge in [0, 0.05) is 73.2 Å². The van der Waals surface area contributed by atoms with Gasteiger partial charge in [0.1, 0.15) is 24.4 Å². The third-order valence-electron chi connectivity index (χ3n) is 8.40. The molecule has 2 aromatic rings. The van der Waals surface area contributed by atoms with E-state index in [0.29, 0.717) is 30.0 Å². The number of nitroso groups, excluding NO2 is 1. The largest absolute Gasteiger partial charge is 0.489 e. The number of anilines is 1. The molecule has 1 aliphatic heterocycles. The fourth-order valence-corrected chi connectivity index (χ4v) is 5.30. The lowest BCUT2D eigenvalue weighted by atomic mass is 10.1. The van der Waals surface area contributed by atoms with E-state index in [1.54, 1.807) is 18.2 Å². The summed E-state index contributed by atoms with van der Waals surface area (Å²) in [4.78, 5) is 33.3. The lowest BCUT2D eigenvalue weighted by molar-refractivity contribution is 0.0655. The number of halogens is 1. The zero-order valence-electron chi connectivity index (χ0n) is 28.3. The van der Waals surface area contributed by atoms with E-state index >= 15 is 4.39 Å². The standard InChI is InChI=1S/C36H48FN5O5/c1-7-10-27(4)41(6)33-16-14-28(36(45)39-46)22-32(33)38-24-29-21-25(2)34(23-31(29)37)47-20-9-11-30(42-17-8-12-35(42)44)15-13-26(3)40(5)18-19-43/h9,11,13-16,21-24,27,35,43-44H,7-8,10,12,17-20H2,1-6H3/b11-9+,26-13+,30-15+,38-24?.